The summed E-state index contributed by atoms with van der Waals surface area (Å²) in [6.45, 7) is 5.72. The highest BCUT2D eigenvalue weighted by atomic mass is 79.9. The van der Waals surface area contributed by atoms with Crippen molar-refractivity contribution in [1.82, 2.24) is 5.32 Å². The van der Waals surface area contributed by atoms with E-state index in [9.17, 15) is 0 Å². The van der Waals surface area contributed by atoms with E-state index in [1.807, 2.05) is 0 Å². The molecule has 78 valence electrons. The van der Waals surface area contributed by atoms with Gasteiger partial charge in [-0.15, -0.1) is 0 Å². The second-order valence-electron chi connectivity index (χ2n) is 3.60. The Balaban J connectivity index is 2.55. The first kappa shape index (κ1) is 11.7. The Morgan fingerprint density at radius 2 is 2.21 bits per heavy atom. The molecule has 1 aromatic rings. The molecule has 2 nitrogen and oxygen atoms in total. The average molecular weight is 257 g/mol. The number of aryl methyl sites for hydroxylation is 1. The Hall–Kier alpha value is -0.380. The Labute approximate surface area is 94.0 Å². The first-order valence-electron chi connectivity index (χ1n) is 4.82. The Morgan fingerprint density at radius 1 is 1.50 bits per heavy atom. The second kappa shape index (κ2) is 5.49. The summed E-state index contributed by atoms with van der Waals surface area (Å²) in [5.41, 5.74) is 8.06. The number of halogens is 1. The van der Waals surface area contributed by atoms with Gasteiger partial charge in [-0.05, 0) is 31.0 Å². The van der Waals surface area contributed by atoms with Crippen molar-refractivity contribution in [2.75, 3.05) is 6.54 Å². The minimum Gasteiger partial charge on any atom is -0.329 e. The van der Waals surface area contributed by atoms with Crippen molar-refractivity contribution in [3.8, 4) is 0 Å². The summed E-state index contributed by atoms with van der Waals surface area (Å²) in [7, 11) is 0. The standard InChI is InChI=1S/C11H17BrN2/c1-8-3-4-10(5-11(8)12)7-14-9(2)6-13/h3-5,9,14H,6-7,13H2,1-2H3/t9-/m1/s1. The van der Waals surface area contributed by atoms with Crippen LogP contribution in [0.15, 0.2) is 22.7 Å². The lowest BCUT2D eigenvalue weighted by Crippen LogP contribution is -2.32. The molecule has 0 aliphatic rings. The van der Waals surface area contributed by atoms with Crippen molar-refractivity contribution in [1.29, 1.82) is 0 Å². The SMILES string of the molecule is Cc1ccc(CN[C@H](C)CN)cc1Br. The van der Waals surface area contributed by atoms with Crippen LogP contribution in [0, 0.1) is 6.92 Å². The summed E-state index contributed by atoms with van der Waals surface area (Å²) >= 11 is 3.52. The monoisotopic (exact) mass is 256 g/mol. The van der Waals surface area contributed by atoms with E-state index < -0.39 is 0 Å². The largest absolute Gasteiger partial charge is 0.329 e. The van der Waals surface area contributed by atoms with E-state index in [4.69, 9.17) is 5.73 Å². The quantitative estimate of drug-likeness (QED) is 0.867. The number of hydrogen-bond acceptors (Lipinski definition) is 2. The zero-order chi connectivity index (χ0) is 10.6. The van der Waals surface area contributed by atoms with E-state index >= 15 is 0 Å². The second-order valence-corrected chi connectivity index (χ2v) is 4.46. The fourth-order valence-electron chi connectivity index (χ4n) is 1.12. The van der Waals surface area contributed by atoms with Gasteiger partial charge >= 0.3 is 0 Å². The molecule has 0 saturated carbocycles. The van der Waals surface area contributed by atoms with Crippen molar-refractivity contribution >= 4 is 15.9 Å². The van der Waals surface area contributed by atoms with E-state index in [2.05, 4.69) is 53.3 Å². The number of benzene rings is 1. The molecule has 0 amide bonds. The van der Waals surface area contributed by atoms with Crippen molar-refractivity contribution < 1.29 is 0 Å². The number of rotatable bonds is 4. The van der Waals surface area contributed by atoms with E-state index in [0.29, 0.717) is 12.6 Å². The van der Waals surface area contributed by atoms with Gasteiger partial charge in [-0.3, -0.25) is 0 Å². The number of nitrogens with one attached hydrogen (secondary N) is 1. The molecule has 0 unspecified atom stereocenters. The molecule has 0 aromatic heterocycles. The fraction of sp³-hybridized carbons (Fsp3) is 0.455. The van der Waals surface area contributed by atoms with Gasteiger partial charge in [0.05, 0.1) is 0 Å². The topological polar surface area (TPSA) is 38.0 Å². The lowest BCUT2D eigenvalue weighted by Gasteiger charge is -2.11. The average Bonchev–Trinajstić information content (AvgIpc) is 2.19. The van der Waals surface area contributed by atoms with Gasteiger partial charge in [-0.2, -0.15) is 0 Å². The van der Waals surface area contributed by atoms with Gasteiger partial charge < -0.3 is 11.1 Å². The number of hydrogen-bond donors (Lipinski definition) is 2. The Kier molecular flexibility index (Phi) is 4.58. The van der Waals surface area contributed by atoms with Crippen LogP contribution in [-0.2, 0) is 6.54 Å². The van der Waals surface area contributed by atoms with Gasteiger partial charge in [0.15, 0.2) is 0 Å². The van der Waals surface area contributed by atoms with Crippen LogP contribution in [0.1, 0.15) is 18.1 Å². The molecular formula is C11H17BrN2. The normalized spacial score (nSPS) is 12.9. The van der Waals surface area contributed by atoms with E-state index in [1.165, 1.54) is 11.1 Å². The first-order valence-corrected chi connectivity index (χ1v) is 5.61. The van der Waals surface area contributed by atoms with Gasteiger partial charge in [0, 0.05) is 23.6 Å². The molecule has 1 atom stereocenters. The third kappa shape index (κ3) is 3.40. The van der Waals surface area contributed by atoms with Crippen LogP contribution in [0.2, 0.25) is 0 Å². The third-order valence-corrected chi connectivity index (χ3v) is 3.10. The van der Waals surface area contributed by atoms with E-state index in [0.717, 1.165) is 11.0 Å². The van der Waals surface area contributed by atoms with Crippen LogP contribution in [0.4, 0.5) is 0 Å². The summed E-state index contributed by atoms with van der Waals surface area (Å²) < 4.78 is 1.16. The molecule has 0 spiro atoms. The molecule has 0 aliphatic heterocycles. The summed E-state index contributed by atoms with van der Waals surface area (Å²) in [6.07, 6.45) is 0. The summed E-state index contributed by atoms with van der Waals surface area (Å²) in [5, 5.41) is 3.35. The van der Waals surface area contributed by atoms with Crippen LogP contribution in [0.3, 0.4) is 0 Å². The fourth-order valence-corrected chi connectivity index (χ4v) is 1.55. The third-order valence-electron chi connectivity index (χ3n) is 2.24. The van der Waals surface area contributed by atoms with Crippen LogP contribution in [0.5, 0.6) is 0 Å². The highest BCUT2D eigenvalue weighted by Crippen LogP contribution is 2.17. The molecule has 3 N–H and O–H groups in total. The molecule has 1 rings (SSSR count). The van der Waals surface area contributed by atoms with Gasteiger partial charge in [0.2, 0.25) is 0 Å². The van der Waals surface area contributed by atoms with E-state index in [1.54, 1.807) is 0 Å². The molecule has 0 radical (unpaired) electrons. The lowest BCUT2D eigenvalue weighted by atomic mass is 10.1. The minimum atomic E-state index is 0.370. The number of nitrogens with two attached hydrogens (primary N) is 1. The molecule has 0 bridgehead atoms. The molecule has 0 aliphatic carbocycles. The smallest absolute Gasteiger partial charge is 0.0208 e. The predicted octanol–water partition coefficient (Wildman–Crippen LogP) is 2.19. The Bertz CT molecular complexity index is 299. The molecule has 0 saturated heterocycles. The molecular weight excluding hydrogens is 240 g/mol. The summed E-state index contributed by atoms with van der Waals surface area (Å²) in [4.78, 5) is 0. The van der Waals surface area contributed by atoms with Crippen molar-refractivity contribution in [3.63, 3.8) is 0 Å². The maximum Gasteiger partial charge on any atom is 0.0208 e. The summed E-state index contributed by atoms with van der Waals surface area (Å²) in [5.74, 6) is 0. The molecule has 1 aromatic carbocycles. The van der Waals surface area contributed by atoms with Crippen LogP contribution in [0.25, 0.3) is 0 Å². The van der Waals surface area contributed by atoms with Crippen molar-refractivity contribution in [3.05, 3.63) is 33.8 Å². The zero-order valence-corrected chi connectivity index (χ0v) is 10.3. The van der Waals surface area contributed by atoms with Crippen LogP contribution >= 0.6 is 15.9 Å². The summed E-state index contributed by atoms with van der Waals surface area (Å²) in [6, 6.07) is 6.77. The van der Waals surface area contributed by atoms with Gasteiger partial charge in [0.25, 0.3) is 0 Å². The molecule has 14 heavy (non-hydrogen) atoms. The van der Waals surface area contributed by atoms with Gasteiger partial charge in [-0.1, -0.05) is 28.1 Å². The van der Waals surface area contributed by atoms with Crippen molar-refractivity contribution in [2.45, 2.75) is 26.4 Å². The molecule has 0 heterocycles. The van der Waals surface area contributed by atoms with Crippen LogP contribution in [-0.4, -0.2) is 12.6 Å². The zero-order valence-electron chi connectivity index (χ0n) is 8.68. The van der Waals surface area contributed by atoms with Crippen LogP contribution < -0.4 is 11.1 Å². The minimum absolute atomic E-state index is 0.370. The van der Waals surface area contributed by atoms with Gasteiger partial charge in [-0.25, -0.2) is 0 Å². The maximum atomic E-state index is 5.52. The lowest BCUT2D eigenvalue weighted by molar-refractivity contribution is 0.556. The first-order chi connectivity index (χ1) is 6.63. The molecule has 3 heteroatoms. The van der Waals surface area contributed by atoms with Gasteiger partial charge in [0.1, 0.15) is 0 Å². The Morgan fingerprint density at radius 3 is 2.79 bits per heavy atom. The van der Waals surface area contributed by atoms with E-state index in [-0.39, 0.29) is 0 Å². The van der Waals surface area contributed by atoms with Crippen molar-refractivity contribution in [2.24, 2.45) is 5.73 Å². The highest BCUT2D eigenvalue weighted by Gasteiger charge is 2.00. The highest BCUT2D eigenvalue weighted by molar-refractivity contribution is 9.10. The molecule has 0 fully saturated rings. The predicted molar refractivity (Wildman–Crippen MR) is 64.2 cm³/mol. The maximum absolute atomic E-state index is 5.52.